The summed E-state index contributed by atoms with van der Waals surface area (Å²) in [6.07, 6.45) is 11.4. The van der Waals surface area contributed by atoms with Crippen molar-refractivity contribution in [1.82, 2.24) is 24.4 Å². The third kappa shape index (κ3) is 3.53. The van der Waals surface area contributed by atoms with E-state index in [1.165, 1.54) is 5.56 Å². The van der Waals surface area contributed by atoms with E-state index in [2.05, 4.69) is 19.5 Å². The van der Waals surface area contributed by atoms with Gasteiger partial charge in [0.2, 0.25) is 0 Å². The molecule has 1 unspecified atom stereocenters. The Bertz CT molecular complexity index is 1130. The van der Waals surface area contributed by atoms with Crippen molar-refractivity contribution in [2.75, 3.05) is 13.1 Å². The minimum absolute atomic E-state index is 0.0958. The molecule has 1 fully saturated rings. The second-order valence-corrected chi connectivity index (χ2v) is 7.64. The number of rotatable bonds is 4. The van der Waals surface area contributed by atoms with Gasteiger partial charge in [0.05, 0.1) is 0 Å². The smallest absolute Gasteiger partial charge is 0.253 e. The number of fused-ring (bicyclic) bond motifs is 1. The number of nitrogens with zero attached hydrogens (tertiary/aromatic N) is 4. The highest BCUT2D eigenvalue weighted by Crippen LogP contribution is 2.27. The van der Waals surface area contributed by atoms with Gasteiger partial charge in [-0.3, -0.25) is 9.78 Å². The number of piperidine rings is 1. The van der Waals surface area contributed by atoms with Gasteiger partial charge in [-0.05, 0) is 54.1 Å². The SMILES string of the molecule is O=C(c1ccc2cc[nH]c2c1)N1CCCC(c2nccn2Cc2ccncc2)C1. The zero-order valence-electron chi connectivity index (χ0n) is 16.2. The molecule has 0 spiro atoms. The van der Waals surface area contributed by atoms with Gasteiger partial charge in [-0.15, -0.1) is 0 Å². The summed E-state index contributed by atoms with van der Waals surface area (Å²) in [5, 5.41) is 1.12. The normalized spacial score (nSPS) is 17.0. The topological polar surface area (TPSA) is 66.8 Å². The first-order valence-corrected chi connectivity index (χ1v) is 10.0. The van der Waals surface area contributed by atoms with Crippen LogP contribution in [-0.4, -0.2) is 43.4 Å². The Labute approximate surface area is 169 Å². The van der Waals surface area contributed by atoms with Crippen LogP contribution in [0.3, 0.4) is 0 Å². The van der Waals surface area contributed by atoms with Crippen LogP contribution in [0.5, 0.6) is 0 Å². The lowest BCUT2D eigenvalue weighted by Gasteiger charge is -2.33. The molecule has 6 heteroatoms. The first-order chi connectivity index (χ1) is 14.3. The van der Waals surface area contributed by atoms with Crippen LogP contribution in [0.25, 0.3) is 10.9 Å². The Morgan fingerprint density at radius 2 is 2.03 bits per heavy atom. The molecule has 5 rings (SSSR count). The standard InChI is InChI=1S/C23H23N5O/c29-23(19-4-3-18-7-10-25-21(18)14-19)28-12-1-2-20(16-28)22-26-11-13-27(22)15-17-5-8-24-9-6-17/h3-11,13-14,20,25H,1-2,12,15-16H2. The number of aromatic amines is 1. The second-order valence-electron chi connectivity index (χ2n) is 7.64. The first kappa shape index (κ1) is 17.7. The van der Waals surface area contributed by atoms with Gasteiger partial charge in [0.25, 0.3) is 5.91 Å². The molecule has 29 heavy (non-hydrogen) atoms. The molecule has 146 valence electrons. The van der Waals surface area contributed by atoms with Gasteiger partial charge >= 0.3 is 0 Å². The third-order valence-electron chi connectivity index (χ3n) is 5.73. The summed E-state index contributed by atoms with van der Waals surface area (Å²) in [6, 6.07) is 11.9. The van der Waals surface area contributed by atoms with E-state index in [1.54, 1.807) is 0 Å². The molecule has 1 amide bonds. The van der Waals surface area contributed by atoms with E-state index in [0.717, 1.165) is 48.2 Å². The van der Waals surface area contributed by atoms with Crippen molar-refractivity contribution >= 4 is 16.8 Å². The lowest BCUT2D eigenvalue weighted by molar-refractivity contribution is 0.0703. The van der Waals surface area contributed by atoms with Crippen LogP contribution in [0, 0.1) is 0 Å². The zero-order chi connectivity index (χ0) is 19.6. The monoisotopic (exact) mass is 385 g/mol. The number of hydrogen-bond donors (Lipinski definition) is 1. The van der Waals surface area contributed by atoms with E-state index in [1.807, 2.05) is 72.3 Å². The average molecular weight is 385 g/mol. The first-order valence-electron chi connectivity index (χ1n) is 10.0. The molecule has 6 nitrogen and oxygen atoms in total. The van der Waals surface area contributed by atoms with E-state index in [9.17, 15) is 4.79 Å². The number of benzene rings is 1. The third-order valence-corrected chi connectivity index (χ3v) is 5.73. The molecule has 4 aromatic rings. The van der Waals surface area contributed by atoms with Gasteiger partial charge in [-0.2, -0.15) is 0 Å². The Morgan fingerprint density at radius 3 is 2.93 bits per heavy atom. The average Bonchev–Trinajstić information content (AvgIpc) is 3.43. The molecule has 3 aromatic heterocycles. The molecule has 0 radical (unpaired) electrons. The zero-order valence-corrected chi connectivity index (χ0v) is 16.2. The van der Waals surface area contributed by atoms with Gasteiger partial charge in [0.1, 0.15) is 5.82 Å². The minimum atomic E-state index is 0.0958. The highest BCUT2D eigenvalue weighted by atomic mass is 16.2. The molecule has 0 bridgehead atoms. The summed E-state index contributed by atoms with van der Waals surface area (Å²) in [7, 11) is 0. The summed E-state index contributed by atoms with van der Waals surface area (Å²) in [5.74, 6) is 1.40. The molecule has 4 heterocycles. The number of carbonyl (C=O) groups excluding carboxylic acids is 1. The molecule has 0 aliphatic carbocycles. The van der Waals surface area contributed by atoms with Crippen LogP contribution in [0.15, 0.2) is 67.4 Å². The van der Waals surface area contributed by atoms with Crippen LogP contribution in [0.2, 0.25) is 0 Å². The fraction of sp³-hybridized carbons (Fsp3) is 0.261. The molecule has 1 N–H and O–H groups in total. The van der Waals surface area contributed by atoms with Gasteiger partial charge in [0.15, 0.2) is 0 Å². The quantitative estimate of drug-likeness (QED) is 0.581. The molecule has 1 aliphatic rings. The van der Waals surface area contributed by atoms with E-state index in [4.69, 9.17) is 0 Å². The Balaban J connectivity index is 1.34. The van der Waals surface area contributed by atoms with E-state index in [0.29, 0.717) is 6.54 Å². The van der Waals surface area contributed by atoms with Gasteiger partial charge < -0.3 is 14.5 Å². The Kier molecular flexibility index (Phi) is 4.60. The highest BCUT2D eigenvalue weighted by Gasteiger charge is 2.28. The van der Waals surface area contributed by atoms with Gasteiger partial charge in [0, 0.05) is 67.6 Å². The van der Waals surface area contributed by atoms with Gasteiger partial charge in [-0.1, -0.05) is 6.07 Å². The summed E-state index contributed by atoms with van der Waals surface area (Å²) in [4.78, 5) is 27.0. The van der Waals surface area contributed by atoms with Crippen LogP contribution in [0.1, 0.15) is 40.5 Å². The maximum atomic E-state index is 13.1. The molecule has 1 atom stereocenters. The van der Waals surface area contributed by atoms with Crippen molar-refractivity contribution in [3.8, 4) is 0 Å². The maximum absolute atomic E-state index is 13.1. The molecule has 0 saturated carbocycles. The fourth-order valence-corrected chi connectivity index (χ4v) is 4.24. The number of carbonyl (C=O) groups is 1. The highest BCUT2D eigenvalue weighted by molar-refractivity contribution is 5.98. The van der Waals surface area contributed by atoms with Crippen molar-refractivity contribution in [3.05, 3.63) is 84.3 Å². The number of imidazole rings is 1. The summed E-state index contributed by atoms with van der Waals surface area (Å²) >= 11 is 0. The Morgan fingerprint density at radius 1 is 1.14 bits per heavy atom. The predicted octanol–water partition coefficient (Wildman–Crippen LogP) is 3.83. The van der Waals surface area contributed by atoms with Crippen LogP contribution < -0.4 is 0 Å². The number of likely N-dealkylation sites (tertiary alicyclic amines) is 1. The Hall–Kier alpha value is -3.41. The predicted molar refractivity (Wildman–Crippen MR) is 112 cm³/mol. The largest absolute Gasteiger partial charge is 0.361 e. The van der Waals surface area contributed by atoms with Crippen LogP contribution >= 0.6 is 0 Å². The summed E-state index contributed by atoms with van der Waals surface area (Å²) in [5.41, 5.74) is 2.93. The minimum Gasteiger partial charge on any atom is -0.361 e. The van der Waals surface area contributed by atoms with E-state index in [-0.39, 0.29) is 11.8 Å². The number of hydrogen-bond acceptors (Lipinski definition) is 3. The summed E-state index contributed by atoms with van der Waals surface area (Å²) < 4.78 is 2.19. The number of amides is 1. The van der Waals surface area contributed by atoms with Crippen molar-refractivity contribution in [2.24, 2.45) is 0 Å². The lowest BCUT2D eigenvalue weighted by atomic mass is 9.96. The molecular weight excluding hydrogens is 362 g/mol. The number of nitrogens with one attached hydrogen (secondary N) is 1. The second kappa shape index (κ2) is 7.54. The van der Waals surface area contributed by atoms with Crippen LogP contribution in [0.4, 0.5) is 0 Å². The van der Waals surface area contributed by atoms with Crippen molar-refractivity contribution in [1.29, 1.82) is 0 Å². The fourth-order valence-electron chi connectivity index (χ4n) is 4.24. The molecule has 1 saturated heterocycles. The summed E-state index contributed by atoms with van der Waals surface area (Å²) in [6.45, 7) is 2.27. The van der Waals surface area contributed by atoms with Crippen molar-refractivity contribution in [3.63, 3.8) is 0 Å². The van der Waals surface area contributed by atoms with Crippen molar-refractivity contribution in [2.45, 2.75) is 25.3 Å². The van der Waals surface area contributed by atoms with Gasteiger partial charge in [-0.25, -0.2) is 4.98 Å². The molecule has 1 aromatic carbocycles. The van der Waals surface area contributed by atoms with E-state index < -0.39 is 0 Å². The lowest BCUT2D eigenvalue weighted by Crippen LogP contribution is -2.39. The number of H-pyrrole nitrogens is 1. The maximum Gasteiger partial charge on any atom is 0.253 e. The molecule has 1 aliphatic heterocycles. The van der Waals surface area contributed by atoms with E-state index >= 15 is 0 Å². The van der Waals surface area contributed by atoms with Crippen LogP contribution in [-0.2, 0) is 6.54 Å². The molecular formula is C23H23N5O. The van der Waals surface area contributed by atoms with Crippen molar-refractivity contribution < 1.29 is 4.79 Å². The number of aromatic nitrogens is 4. The number of pyridine rings is 1.